The van der Waals surface area contributed by atoms with Gasteiger partial charge in [-0.3, -0.25) is 4.90 Å². The largest absolute Gasteiger partial charge is 0.427 e. The number of aliphatic hydroxyl groups is 2. The van der Waals surface area contributed by atoms with Crippen LogP contribution in [0.2, 0.25) is 0 Å². The van der Waals surface area contributed by atoms with Crippen molar-refractivity contribution in [1.29, 1.82) is 0 Å². The molecule has 0 aliphatic carbocycles. The maximum Gasteiger partial charge on any atom is 0.346 e. The summed E-state index contributed by atoms with van der Waals surface area (Å²) in [5, 5.41) is 20.7. The van der Waals surface area contributed by atoms with Crippen LogP contribution in [0, 0.1) is 5.92 Å². The van der Waals surface area contributed by atoms with E-state index in [-0.39, 0.29) is 12.0 Å². The Morgan fingerprint density at radius 2 is 2.14 bits per heavy atom. The van der Waals surface area contributed by atoms with Crippen LogP contribution >= 0.6 is 0 Å². The summed E-state index contributed by atoms with van der Waals surface area (Å²) in [7, 11) is 1.45. The second kappa shape index (κ2) is 6.04. The number of hydrogen-bond donors (Lipinski definition) is 2. The molecule has 0 aromatic rings. The lowest BCUT2D eigenvalue weighted by Gasteiger charge is -2.34. The predicted molar refractivity (Wildman–Crippen MR) is 76.4 cm³/mol. The number of methoxy groups -OCH3 is 1. The van der Waals surface area contributed by atoms with Crippen LogP contribution in [0.4, 0.5) is 0 Å². The lowest BCUT2D eigenvalue weighted by molar-refractivity contribution is -0.184. The van der Waals surface area contributed by atoms with Crippen molar-refractivity contribution in [3.05, 3.63) is 11.8 Å². The molecule has 0 aromatic carbocycles. The molecular formula is C15H25NO5. The summed E-state index contributed by atoms with van der Waals surface area (Å²) in [6.45, 7) is 6.57. The summed E-state index contributed by atoms with van der Waals surface area (Å²) in [4.78, 5) is 14.5. The van der Waals surface area contributed by atoms with Crippen LogP contribution in [0.1, 0.15) is 27.2 Å². The van der Waals surface area contributed by atoms with Crippen molar-refractivity contribution in [2.24, 2.45) is 5.92 Å². The first-order valence-electron chi connectivity index (χ1n) is 7.42. The van der Waals surface area contributed by atoms with Gasteiger partial charge in [-0.25, -0.2) is 4.79 Å². The highest BCUT2D eigenvalue weighted by molar-refractivity contribution is 5.81. The molecule has 2 aliphatic heterocycles. The van der Waals surface area contributed by atoms with Gasteiger partial charge in [-0.15, -0.1) is 0 Å². The molecule has 0 radical (unpaired) electrons. The van der Waals surface area contributed by atoms with E-state index in [1.54, 1.807) is 26.8 Å². The van der Waals surface area contributed by atoms with Gasteiger partial charge in [0.05, 0.1) is 18.2 Å². The molecule has 4 atom stereocenters. The minimum atomic E-state index is -1.72. The number of hydrogen-bond acceptors (Lipinski definition) is 6. The van der Waals surface area contributed by atoms with Crippen molar-refractivity contribution in [3.8, 4) is 0 Å². The van der Waals surface area contributed by atoms with Crippen LogP contribution in [-0.2, 0) is 14.3 Å². The van der Waals surface area contributed by atoms with Gasteiger partial charge in [0.15, 0.2) is 5.60 Å². The van der Waals surface area contributed by atoms with E-state index in [4.69, 9.17) is 9.47 Å². The van der Waals surface area contributed by atoms with Crippen molar-refractivity contribution in [1.82, 2.24) is 4.90 Å². The van der Waals surface area contributed by atoms with Crippen LogP contribution in [0.3, 0.4) is 0 Å². The molecule has 0 amide bonds. The first kappa shape index (κ1) is 16.4. The second-order valence-corrected chi connectivity index (χ2v) is 6.15. The third-order valence-electron chi connectivity index (χ3n) is 4.68. The summed E-state index contributed by atoms with van der Waals surface area (Å²) in [6, 6.07) is -0.275. The van der Waals surface area contributed by atoms with E-state index >= 15 is 0 Å². The summed E-state index contributed by atoms with van der Waals surface area (Å²) in [6.07, 6.45) is 1.25. The van der Waals surface area contributed by atoms with Crippen LogP contribution in [0.25, 0.3) is 0 Å². The van der Waals surface area contributed by atoms with Crippen LogP contribution in [0.15, 0.2) is 11.8 Å². The molecule has 21 heavy (non-hydrogen) atoms. The zero-order valence-electron chi connectivity index (χ0n) is 13.1. The molecule has 0 unspecified atom stereocenters. The first-order chi connectivity index (χ1) is 9.82. The fourth-order valence-corrected chi connectivity index (χ4v) is 3.08. The Labute approximate surface area is 125 Å². The molecule has 2 rings (SSSR count). The lowest BCUT2D eigenvalue weighted by atomic mass is 9.85. The molecule has 120 valence electrons. The number of rotatable bonds is 5. The van der Waals surface area contributed by atoms with E-state index in [2.05, 4.69) is 4.90 Å². The van der Waals surface area contributed by atoms with Gasteiger partial charge in [0.25, 0.3) is 0 Å². The Hall–Kier alpha value is -0.950. The van der Waals surface area contributed by atoms with E-state index < -0.39 is 23.8 Å². The third kappa shape index (κ3) is 2.73. The van der Waals surface area contributed by atoms with Gasteiger partial charge in [0, 0.05) is 20.2 Å². The smallest absolute Gasteiger partial charge is 0.346 e. The number of fused-ring (bicyclic) bond motifs is 1. The highest BCUT2D eigenvalue weighted by Crippen LogP contribution is 2.32. The molecule has 0 bridgehead atoms. The summed E-state index contributed by atoms with van der Waals surface area (Å²) < 4.78 is 10.6. The third-order valence-corrected chi connectivity index (χ3v) is 4.68. The van der Waals surface area contributed by atoms with E-state index in [1.165, 1.54) is 7.11 Å². The Kier molecular flexibility index (Phi) is 4.72. The quantitative estimate of drug-likeness (QED) is 0.710. The van der Waals surface area contributed by atoms with Crippen molar-refractivity contribution in [2.45, 2.75) is 51.0 Å². The fourth-order valence-electron chi connectivity index (χ4n) is 3.08. The zero-order valence-corrected chi connectivity index (χ0v) is 13.1. The van der Waals surface area contributed by atoms with Gasteiger partial charge in [0.1, 0.15) is 5.76 Å². The Bertz CT molecular complexity index is 436. The highest BCUT2D eigenvalue weighted by atomic mass is 16.6. The topological polar surface area (TPSA) is 79.2 Å². The highest BCUT2D eigenvalue weighted by Gasteiger charge is 2.49. The normalized spacial score (nSPS) is 30.0. The number of carbonyl (C=O) groups excluding carboxylic acids is 1. The SMILES string of the molecule is CO[C@H](C)[C@@](O)(C(=O)OC1=CCN2CC[C@H](O)[C@@H]12)C(C)C. The standard InChI is InChI=1S/C15H25NO5/c1-9(2)15(19,10(3)20-4)14(18)21-12-6-8-16-7-5-11(17)13(12)16/h6,9-11,13,17,19H,5,7-8H2,1-4H3/t10-,11+,13+,15-/m1/s1. The van der Waals surface area contributed by atoms with Crippen molar-refractivity contribution >= 4 is 5.97 Å². The number of nitrogens with zero attached hydrogens (tertiary/aromatic N) is 1. The molecule has 0 saturated carbocycles. The second-order valence-electron chi connectivity index (χ2n) is 6.15. The van der Waals surface area contributed by atoms with Crippen LogP contribution in [-0.4, -0.2) is 65.1 Å². The minimum absolute atomic E-state index is 0.275. The summed E-state index contributed by atoms with van der Waals surface area (Å²) >= 11 is 0. The van der Waals surface area contributed by atoms with Crippen LogP contribution < -0.4 is 0 Å². The number of ether oxygens (including phenoxy) is 2. The van der Waals surface area contributed by atoms with Crippen molar-refractivity contribution < 1.29 is 24.5 Å². The minimum Gasteiger partial charge on any atom is -0.427 e. The number of carbonyl (C=O) groups is 1. The van der Waals surface area contributed by atoms with E-state index in [0.29, 0.717) is 18.7 Å². The molecular weight excluding hydrogens is 274 g/mol. The predicted octanol–water partition coefficient (Wildman–Crippen LogP) is 0.284. The monoisotopic (exact) mass is 299 g/mol. The number of aliphatic hydroxyl groups excluding tert-OH is 1. The molecule has 2 aliphatic rings. The van der Waals surface area contributed by atoms with E-state index in [9.17, 15) is 15.0 Å². The van der Waals surface area contributed by atoms with Gasteiger partial charge in [-0.05, 0) is 25.3 Å². The zero-order chi connectivity index (χ0) is 15.8. The Balaban J connectivity index is 2.13. The Morgan fingerprint density at radius 3 is 2.71 bits per heavy atom. The molecule has 2 N–H and O–H groups in total. The molecule has 1 saturated heterocycles. The molecule has 2 heterocycles. The molecule has 0 spiro atoms. The van der Waals surface area contributed by atoms with E-state index in [1.807, 2.05) is 0 Å². The molecule has 6 nitrogen and oxygen atoms in total. The fraction of sp³-hybridized carbons (Fsp3) is 0.800. The van der Waals surface area contributed by atoms with Gasteiger partial charge < -0.3 is 19.7 Å². The van der Waals surface area contributed by atoms with Crippen molar-refractivity contribution in [2.75, 3.05) is 20.2 Å². The average Bonchev–Trinajstić information content (AvgIpc) is 3.01. The maximum absolute atomic E-state index is 12.5. The first-order valence-corrected chi connectivity index (χ1v) is 7.42. The molecule has 0 aromatic heterocycles. The number of esters is 1. The lowest BCUT2D eigenvalue weighted by Crippen LogP contribution is -2.54. The molecule has 6 heteroatoms. The summed E-state index contributed by atoms with van der Waals surface area (Å²) in [5.41, 5.74) is -1.72. The average molecular weight is 299 g/mol. The summed E-state index contributed by atoms with van der Waals surface area (Å²) in [5.74, 6) is -0.641. The van der Waals surface area contributed by atoms with Gasteiger partial charge >= 0.3 is 5.97 Å². The molecule has 1 fully saturated rings. The van der Waals surface area contributed by atoms with E-state index in [0.717, 1.165) is 6.54 Å². The maximum atomic E-state index is 12.5. The Morgan fingerprint density at radius 1 is 1.48 bits per heavy atom. The van der Waals surface area contributed by atoms with Crippen molar-refractivity contribution in [3.63, 3.8) is 0 Å². The van der Waals surface area contributed by atoms with Gasteiger partial charge in [-0.2, -0.15) is 0 Å². The van der Waals surface area contributed by atoms with Gasteiger partial charge in [0.2, 0.25) is 0 Å². The van der Waals surface area contributed by atoms with Gasteiger partial charge in [-0.1, -0.05) is 13.8 Å². The van der Waals surface area contributed by atoms with Crippen LogP contribution in [0.5, 0.6) is 0 Å².